The molecule has 1 aliphatic rings. The highest BCUT2D eigenvalue weighted by molar-refractivity contribution is 7.13. The van der Waals surface area contributed by atoms with Gasteiger partial charge < -0.3 is 10.2 Å². The van der Waals surface area contributed by atoms with E-state index in [2.05, 4.69) is 10.6 Å². The van der Waals surface area contributed by atoms with Crippen molar-refractivity contribution in [2.24, 2.45) is 0 Å². The lowest BCUT2D eigenvalue weighted by Crippen LogP contribution is -2.42. The van der Waals surface area contributed by atoms with Crippen LogP contribution in [0.3, 0.4) is 0 Å². The van der Waals surface area contributed by atoms with Crippen LogP contribution in [0.4, 0.5) is 9.18 Å². The Hall–Kier alpha value is -3.52. The number of carbonyl (C=O) groups excluding carboxylic acids is 3. The van der Waals surface area contributed by atoms with E-state index in [0.29, 0.717) is 18.5 Å². The number of thiophene rings is 1. The smallest absolute Gasteiger partial charge is 0.321 e. The van der Waals surface area contributed by atoms with Gasteiger partial charge in [-0.1, -0.05) is 36.4 Å². The Morgan fingerprint density at radius 3 is 2.70 bits per heavy atom. The number of urea groups is 1. The van der Waals surface area contributed by atoms with E-state index >= 15 is 0 Å². The van der Waals surface area contributed by atoms with Gasteiger partial charge in [0, 0.05) is 23.5 Å². The highest BCUT2D eigenvalue weighted by Gasteiger charge is 2.30. The summed E-state index contributed by atoms with van der Waals surface area (Å²) < 4.78 is 13.5. The summed E-state index contributed by atoms with van der Waals surface area (Å²) in [5.41, 5.74) is 2.90. The van der Waals surface area contributed by atoms with Gasteiger partial charge in [0.1, 0.15) is 5.82 Å². The zero-order valence-electron chi connectivity index (χ0n) is 15.8. The summed E-state index contributed by atoms with van der Waals surface area (Å²) in [5.74, 6) is -0.754. The quantitative estimate of drug-likeness (QED) is 0.594. The molecule has 2 N–H and O–H groups in total. The van der Waals surface area contributed by atoms with Crippen molar-refractivity contribution in [3.8, 4) is 10.4 Å². The maximum Gasteiger partial charge on any atom is 0.321 e. The first kappa shape index (κ1) is 19.8. The van der Waals surface area contributed by atoms with E-state index in [4.69, 9.17) is 0 Å². The van der Waals surface area contributed by atoms with Crippen LogP contribution in [-0.4, -0.2) is 29.8 Å². The molecule has 0 radical (unpaired) electrons. The summed E-state index contributed by atoms with van der Waals surface area (Å²) in [7, 11) is 0. The van der Waals surface area contributed by atoms with Crippen molar-refractivity contribution in [2.75, 3.05) is 6.54 Å². The summed E-state index contributed by atoms with van der Waals surface area (Å²) >= 11 is 1.63. The van der Waals surface area contributed by atoms with E-state index in [1.54, 1.807) is 22.3 Å². The standard InChI is InChI=1S/C22H18FN3O3S/c23-17-8-7-16-11-26(21(28)18(16)10-17)12-19(25-22(29)24-13-27)14-3-5-15(6-4-14)20-2-1-9-30-20/h1-10,13,19H,11-12H2,(H2,24,25,27,29)/t19-/m0/s1. The van der Waals surface area contributed by atoms with E-state index in [0.717, 1.165) is 21.6 Å². The number of hydrogen-bond acceptors (Lipinski definition) is 4. The van der Waals surface area contributed by atoms with Crippen molar-refractivity contribution in [2.45, 2.75) is 12.6 Å². The Kier molecular flexibility index (Phi) is 5.58. The lowest BCUT2D eigenvalue weighted by atomic mass is 10.0. The van der Waals surface area contributed by atoms with Crippen molar-refractivity contribution in [1.82, 2.24) is 15.5 Å². The Labute approximate surface area is 176 Å². The number of amides is 4. The predicted molar refractivity (Wildman–Crippen MR) is 111 cm³/mol. The Morgan fingerprint density at radius 2 is 2.00 bits per heavy atom. The van der Waals surface area contributed by atoms with Crippen molar-refractivity contribution >= 4 is 29.7 Å². The van der Waals surface area contributed by atoms with Gasteiger partial charge in [-0.2, -0.15) is 0 Å². The van der Waals surface area contributed by atoms with Crippen LogP contribution in [0.1, 0.15) is 27.5 Å². The van der Waals surface area contributed by atoms with Crippen LogP contribution in [-0.2, 0) is 11.3 Å². The molecule has 4 rings (SSSR count). The van der Waals surface area contributed by atoms with Crippen LogP contribution >= 0.6 is 11.3 Å². The molecule has 4 amide bonds. The molecule has 0 unspecified atom stereocenters. The Bertz CT molecular complexity index is 1080. The van der Waals surface area contributed by atoms with Gasteiger partial charge in [0.2, 0.25) is 6.41 Å². The Morgan fingerprint density at radius 1 is 1.20 bits per heavy atom. The fraction of sp³-hybridized carbons (Fsp3) is 0.136. The van der Waals surface area contributed by atoms with Gasteiger partial charge in [-0.25, -0.2) is 9.18 Å². The number of nitrogens with zero attached hydrogens (tertiary/aromatic N) is 1. The molecule has 30 heavy (non-hydrogen) atoms. The van der Waals surface area contributed by atoms with Gasteiger partial charge >= 0.3 is 6.03 Å². The zero-order valence-corrected chi connectivity index (χ0v) is 16.6. The third kappa shape index (κ3) is 4.08. The third-order valence-electron chi connectivity index (χ3n) is 4.97. The molecule has 0 saturated carbocycles. The number of fused-ring (bicyclic) bond motifs is 1. The average Bonchev–Trinajstić information content (AvgIpc) is 3.37. The molecular weight excluding hydrogens is 405 g/mol. The SMILES string of the molecule is O=CNC(=O)N[C@@H](CN1Cc2ccc(F)cc2C1=O)c1ccc(-c2cccs2)cc1. The molecule has 6 nitrogen and oxygen atoms in total. The van der Waals surface area contributed by atoms with E-state index in [1.807, 2.05) is 41.8 Å². The Balaban J connectivity index is 1.57. The van der Waals surface area contributed by atoms with Crippen molar-refractivity contribution in [1.29, 1.82) is 0 Å². The number of benzene rings is 2. The number of rotatable bonds is 6. The average molecular weight is 423 g/mol. The number of carbonyl (C=O) groups is 3. The normalized spacial score (nSPS) is 13.6. The van der Waals surface area contributed by atoms with Crippen molar-refractivity contribution < 1.29 is 18.8 Å². The molecule has 0 saturated heterocycles. The van der Waals surface area contributed by atoms with E-state index in [-0.39, 0.29) is 12.5 Å². The fourth-order valence-electron chi connectivity index (χ4n) is 3.51. The van der Waals surface area contributed by atoms with Gasteiger partial charge in [-0.3, -0.25) is 14.9 Å². The summed E-state index contributed by atoms with van der Waals surface area (Å²) in [6, 6.07) is 14.6. The molecular formula is C22H18FN3O3S. The van der Waals surface area contributed by atoms with Crippen LogP contribution in [0.2, 0.25) is 0 Å². The largest absolute Gasteiger partial charge is 0.332 e. The van der Waals surface area contributed by atoms with Crippen molar-refractivity contribution in [3.63, 3.8) is 0 Å². The van der Waals surface area contributed by atoms with Crippen LogP contribution < -0.4 is 10.6 Å². The molecule has 3 aromatic rings. The van der Waals surface area contributed by atoms with Gasteiger partial charge in [0.05, 0.1) is 6.04 Å². The first-order valence-electron chi connectivity index (χ1n) is 9.27. The molecule has 1 aliphatic heterocycles. The topological polar surface area (TPSA) is 78.5 Å². The molecule has 0 bridgehead atoms. The lowest BCUT2D eigenvalue weighted by molar-refractivity contribution is -0.108. The molecule has 2 heterocycles. The molecule has 0 aliphatic carbocycles. The lowest BCUT2D eigenvalue weighted by Gasteiger charge is -2.25. The van der Waals surface area contributed by atoms with Gasteiger partial charge in [0.15, 0.2) is 0 Å². The first-order valence-corrected chi connectivity index (χ1v) is 10.2. The summed E-state index contributed by atoms with van der Waals surface area (Å²) in [6.45, 7) is 0.509. The molecule has 8 heteroatoms. The number of hydrogen-bond donors (Lipinski definition) is 2. The van der Waals surface area contributed by atoms with Gasteiger partial charge in [-0.05, 0) is 40.3 Å². The number of imide groups is 1. The second kappa shape index (κ2) is 8.46. The summed E-state index contributed by atoms with van der Waals surface area (Å²) in [6.07, 6.45) is 0.298. The highest BCUT2D eigenvalue weighted by atomic mass is 32.1. The zero-order chi connectivity index (χ0) is 21.1. The predicted octanol–water partition coefficient (Wildman–Crippen LogP) is 3.71. The van der Waals surface area contributed by atoms with Gasteiger partial charge in [0.25, 0.3) is 5.91 Å². The van der Waals surface area contributed by atoms with Crippen LogP contribution in [0, 0.1) is 5.82 Å². The van der Waals surface area contributed by atoms with Crippen LogP contribution in [0.5, 0.6) is 0 Å². The van der Waals surface area contributed by atoms with E-state index < -0.39 is 17.9 Å². The summed E-state index contributed by atoms with van der Waals surface area (Å²) in [4.78, 5) is 38.0. The van der Waals surface area contributed by atoms with E-state index in [1.165, 1.54) is 12.1 Å². The second-order valence-electron chi connectivity index (χ2n) is 6.87. The molecule has 1 aromatic heterocycles. The van der Waals surface area contributed by atoms with Crippen LogP contribution in [0.25, 0.3) is 10.4 Å². The fourth-order valence-corrected chi connectivity index (χ4v) is 4.24. The molecule has 2 aromatic carbocycles. The molecule has 0 fully saturated rings. The molecule has 0 spiro atoms. The molecule has 152 valence electrons. The number of halogens is 1. The maximum absolute atomic E-state index is 13.5. The van der Waals surface area contributed by atoms with Crippen LogP contribution in [0.15, 0.2) is 60.0 Å². The monoisotopic (exact) mass is 423 g/mol. The summed E-state index contributed by atoms with van der Waals surface area (Å²) in [5, 5.41) is 6.78. The minimum absolute atomic E-state index is 0.180. The van der Waals surface area contributed by atoms with E-state index in [9.17, 15) is 18.8 Å². The second-order valence-corrected chi connectivity index (χ2v) is 7.82. The number of nitrogens with one attached hydrogen (secondary N) is 2. The first-order chi connectivity index (χ1) is 14.5. The minimum atomic E-state index is -0.660. The molecule has 1 atom stereocenters. The van der Waals surface area contributed by atoms with Crippen molar-refractivity contribution in [3.05, 3.63) is 82.5 Å². The third-order valence-corrected chi connectivity index (χ3v) is 5.89. The highest BCUT2D eigenvalue weighted by Crippen LogP contribution is 2.28. The minimum Gasteiger partial charge on any atom is -0.332 e. The maximum atomic E-state index is 13.5. The van der Waals surface area contributed by atoms with Gasteiger partial charge in [-0.15, -0.1) is 11.3 Å².